The Morgan fingerprint density at radius 1 is 0.540 bits per heavy atom. The minimum Gasteiger partial charge on any atom is -0.497 e. The van der Waals surface area contributed by atoms with E-state index in [0.717, 1.165) is 29.0 Å². The molecule has 3 rings (SSSR count). The highest BCUT2D eigenvalue weighted by molar-refractivity contribution is 6.74. The number of hydrogen-bond donors (Lipinski definition) is 0. The van der Waals surface area contributed by atoms with Crippen LogP contribution < -0.4 is 9.47 Å². The van der Waals surface area contributed by atoms with E-state index < -0.39 is 16.6 Å². The highest BCUT2D eigenvalue weighted by Crippen LogP contribution is 2.42. The summed E-state index contributed by atoms with van der Waals surface area (Å²) in [6, 6.07) is 26.7. The average Bonchev–Trinajstić information content (AvgIpc) is 3.21. The van der Waals surface area contributed by atoms with Gasteiger partial charge in [-0.1, -0.05) is 142 Å². The first-order valence-corrected chi connectivity index (χ1v) is 29.3. The average molecular weight is 905 g/mol. The number of rotatable bonds is 26. The second-order valence-corrected chi connectivity index (χ2v) is 31.1. The van der Waals surface area contributed by atoms with Crippen LogP contribution in [0.5, 0.6) is 11.5 Å². The second-order valence-electron chi connectivity index (χ2n) is 21.5. The zero-order valence-corrected chi connectivity index (χ0v) is 44.8. The van der Waals surface area contributed by atoms with Crippen LogP contribution in [0.4, 0.5) is 0 Å². The van der Waals surface area contributed by atoms with E-state index in [0.29, 0.717) is 33.0 Å². The highest BCUT2D eigenvalue weighted by atomic mass is 28.4. The molecule has 354 valence electrons. The third-order valence-electron chi connectivity index (χ3n) is 13.8. The molecule has 0 aliphatic rings. The van der Waals surface area contributed by atoms with E-state index in [9.17, 15) is 0 Å². The molecular formula is C54H88O7Si2. The van der Waals surface area contributed by atoms with Crippen LogP contribution in [0.1, 0.15) is 106 Å². The Morgan fingerprint density at radius 3 is 1.40 bits per heavy atom. The molecule has 63 heavy (non-hydrogen) atoms. The zero-order chi connectivity index (χ0) is 47.2. The lowest BCUT2D eigenvalue weighted by atomic mass is 9.81. The molecule has 0 N–H and O–H groups in total. The van der Waals surface area contributed by atoms with E-state index in [1.165, 1.54) is 11.1 Å². The van der Waals surface area contributed by atoms with Crippen molar-refractivity contribution in [2.45, 2.75) is 164 Å². The lowest BCUT2D eigenvalue weighted by Crippen LogP contribution is -2.50. The van der Waals surface area contributed by atoms with Crippen molar-refractivity contribution in [3.05, 3.63) is 107 Å². The van der Waals surface area contributed by atoms with E-state index in [1.807, 2.05) is 30.3 Å². The van der Waals surface area contributed by atoms with Gasteiger partial charge in [-0.15, -0.1) is 0 Å². The lowest BCUT2D eigenvalue weighted by Gasteiger charge is -2.45. The van der Waals surface area contributed by atoms with Gasteiger partial charge in [0.05, 0.1) is 65.6 Å². The molecule has 0 fully saturated rings. The van der Waals surface area contributed by atoms with Crippen molar-refractivity contribution in [1.82, 2.24) is 0 Å². The molecule has 0 unspecified atom stereocenters. The van der Waals surface area contributed by atoms with E-state index in [1.54, 1.807) is 14.2 Å². The van der Waals surface area contributed by atoms with Gasteiger partial charge in [0, 0.05) is 17.8 Å². The maximum atomic E-state index is 7.53. The molecule has 0 heterocycles. The van der Waals surface area contributed by atoms with Gasteiger partial charge in [0.25, 0.3) is 0 Å². The summed E-state index contributed by atoms with van der Waals surface area (Å²) < 4.78 is 45.4. The molecule has 3 aromatic carbocycles. The molecule has 0 aromatic heterocycles. The molecule has 0 saturated carbocycles. The van der Waals surface area contributed by atoms with Gasteiger partial charge in [0.1, 0.15) is 11.5 Å². The minimum atomic E-state index is -2.20. The van der Waals surface area contributed by atoms with Gasteiger partial charge in [0.15, 0.2) is 16.6 Å². The summed E-state index contributed by atoms with van der Waals surface area (Å²) in [6.45, 7) is 40.2. The fraction of sp³-hybridized carbons (Fsp3) is 0.630. The van der Waals surface area contributed by atoms with Gasteiger partial charge in [-0.3, -0.25) is 0 Å². The fourth-order valence-corrected chi connectivity index (χ4v) is 10.9. The first-order valence-electron chi connectivity index (χ1n) is 23.5. The highest BCUT2D eigenvalue weighted by Gasteiger charge is 2.44. The first kappa shape index (κ1) is 54.6. The summed E-state index contributed by atoms with van der Waals surface area (Å²) >= 11 is 0. The quantitative estimate of drug-likeness (QED) is 0.0587. The van der Waals surface area contributed by atoms with Crippen molar-refractivity contribution in [2.75, 3.05) is 27.4 Å². The van der Waals surface area contributed by atoms with Crippen LogP contribution in [0.15, 0.2) is 90.5 Å². The van der Waals surface area contributed by atoms with Crippen molar-refractivity contribution < 1.29 is 32.5 Å². The van der Waals surface area contributed by atoms with Gasteiger partial charge >= 0.3 is 0 Å². The van der Waals surface area contributed by atoms with Gasteiger partial charge in [-0.2, -0.15) is 0 Å². The van der Waals surface area contributed by atoms with Crippen molar-refractivity contribution in [3.8, 4) is 11.5 Å². The third kappa shape index (κ3) is 17.2. The molecule has 3 aromatic rings. The van der Waals surface area contributed by atoms with Crippen LogP contribution in [-0.4, -0.2) is 62.4 Å². The summed E-state index contributed by atoms with van der Waals surface area (Å²) in [7, 11) is -0.909. The maximum absolute atomic E-state index is 7.53. The summed E-state index contributed by atoms with van der Waals surface area (Å²) in [5.74, 6) is 2.51. The van der Waals surface area contributed by atoms with Crippen LogP contribution in [0, 0.1) is 29.6 Å². The molecule has 8 atom stereocenters. The summed E-state index contributed by atoms with van der Waals surface area (Å²) in [4.78, 5) is 0. The van der Waals surface area contributed by atoms with Crippen LogP contribution in [0.2, 0.25) is 36.3 Å². The molecule has 0 aliphatic carbocycles. The lowest BCUT2D eigenvalue weighted by molar-refractivity contribution is -0.0891. The van der Waals surface area contributed by atoms with Gasteiger partial charge in [-0.05, 0) is 102 Å². The van der Waals surface area contributed by atoms with Crippen molar-refractivity contribution in [2.24, 2.45) is 29.6 Å². The molecular weight excluding hydrogens is 817 g/mol. The Morgan fingerprint density at radius 2 is 0.952 bits per heavy atom. The predicted octanol–water partition coefficient (Wildman–Crippen LogP) is 14.3. The van der Waals surface area contributed by atoms with Gasteiger partial charge < -0.3 is 32.5 Å². The molecule has 0 amide bonds. The molecule has 0 aliphatic heterocycles. The molecule has 7 nitrogen and oxygen atoms in total. The first-order chi connectivity index (χ1) is 29.4. The second kappa shape index (κ2) is 24.7. The van der Waals surface area contributed by atoms with E-state index in [2.05, 4.69) is 164 Å². The van der Waals surface area contributed by atoms with E-state index in [4.69, 9.17) is 32.5 Å². The van der Waals surface area contributed by atoms with Crippen LogP contribution in [0.3, 0.4) is 0 Å². The largest absolute Gasteiger partial charge is 0.497 e. The smallest absolute Gasteiger partial charge is 0.192 e. The van der Waals surface area contributed by atoms with Crippen molar-refractivity contribution in [3.63, 3.8) is 0 Å². The molecule has 9 heteroatoms. The number of benzene rings is 3. The van der Waals surface area contributed by atoms with Crippen LogP contribution >= 0.6 is 0 Å². The van der Waals surface area contributed by atoms with E-state index >= 15 is 0 Å². The molecule has 0 saturated heterocycles. The number of hydrogen-bond acceptors (Lipinski definition) is 7. The predicted molar refractivity (Wildman–Crippen MR) is 269 cm³/mol. The summed E-state index contributed by atoms with van der Waals surface area (Å²) in [5.41, 5.74) is 4.78. The Bertz CT molecular complexity index is 1760. The standard InChI is InChI=1S/C54H88O7Si2/c1-39(32-40(2)50(60-62(15,16)53(7,8)9)42(4)34-57-37-46-24-28-48(55-13)29-25-46)33-41(3)52(61-63(17,18)54(10,11)12)44(6)51(59-38-47-26-30-49(56-14)31-27-47)43(5)35-58-36-45-22-20-19-21-23-45/h19-32,40-44,50-52H,33-38H2,1-18H3/b39-32-/t40-,41-,42-,43-,44+,50+,51+,52+/m0/s1. The minimum absolute atomic E-state index is 0.0117. The topological polar surface area (TPSA) is 64.6 Å². The summed E-state index contributed by atoms with van der Waals surface area (Å²) in [6.07, 6.45) is 3.25. The normalized spacial score (nSPS) is 17.0. The molecule has 0 bridgehead atoms. The zero-order valence-electron chi connectivity index (χ0n) is 42.8. The number of allylic oxidation sites excluding steroid dienone is 1. The Labute approximate surface area is 387 Å². The van der Waals surface area contributed by atoms with Gasteiger partial charge in [0.2, 0.25) is 0 Å². The Hall–Kier alpha value is -2.77. The van der Waals surface area contributed by atoms with Gasteiger partial charge in [-0.25, -0.2) is 0 Å². The third-order valence-corrected chi connectivity index (χ3v) is 22.8. The fourth-order valence-electron chi connectivity index (χ4n) is 7.90. The maximum Gasteiger partial charge on any atom is 0.192 e. The Kier molecular flexibility index (Phi) is 21.4. The SMILES string of the molecule is COc1ccc(COC[C@H](C)[C@H](O[Si](C)(C)C(C)(C)C)[C@@H](C)/C=C(/C)C[C@H](C)[C@@H](O[Si](C)(C)C(C)(C)C)[C@H](C)[C@H](OCc2ccc(OC)cc2)[C@@H](C)COCc2ccccc2)cc1. The molecule has 0 radical (unpaired) electrons. The van der Waals surface area contributed by atoms with Crippen LogP contribution in [-0.2, 0) is 42.9 Å². The number of ether oxygens (including phenoxy) is 5. The molecule has 0 spiro atoms. The number of methoxy groups -OCH3 is 2. The Balaban J connectivity index is 1.92. The van der Waals surface area contributed by atoms with Crippen LogP contribution in [0.25, 0.3) is 0 Å². The van der Waals surface area contributed by atoms with E-state index in [-0.39, 0.29) is 58.0 Å². The monoisotopic (exact) mass is 905 g/mol. The van der Waals surface area contributed by atoms with Crippen molar-refractivity contribution in [1.29, 1.82) is 0 Å². The van der Waals surface area contributed by atoms with Crippen molar-refractivity contribution >= 4 is 16.6 Å². The summed E-state index contributed by atoms with van der Waals surface area (Å²) in [5, 5.41) is 0.135.